The Hall–Kier alpha value is -1.69. The highest BCUT2D eigenvalue weighted by atomic mass is 16.5. The number of ether oxygens (including phenoxy) is 1. The van der Waals surface area contributed by atoms with Crippen molar-refractivity contribution in [2.75, 3.05) is 25.9 Å². The van der Waals surface area contributed by atoms with Gasteiger partial charge in [-0.25, -0.2) is 4.98 Å². The second-order valence-electron chi connectivity index (χ2n) is 4.62. The van der Waals surface area contributed by atoms with Crippen LogP contribution in [0.25, 0.3) is 0 Å². The minimum absolute atomic E-state index is 0.0803. The Balaban J connectivity index is 2.10. The molecule has 1 aliphatic rings. The molecule has 1 aromatic rings. The molecule has 0 radical (unpaired) electrons. The summed E-state index contributed by atoms with van der Waals surface area (Å²) in [5, 5.41) is 0. The minimum atomic E-state index is -0.135. The van der Waals surface area contributed by atoms with Crippen molar-refractivity contribution >= 4 is 11.7 Å². The molecule has 18 heavy (non-hydrogen) atoms. The fourth-order valence-corrected chi connectivity index (χ4v) is 2.17. The normalized spacial score (nSPS) is 24.0. The first-order valence-corrected chi connectivity index (χ1v) is 6.01. The van der Waals surface area contributed by atoms with E-state index < -0.39 is 0 Å². The summed E-state index contributed by atoms with van der Waals surface area (Å²) in [4.78, 5) is 21.9. The van der Waals surface area contributed by atoms with Crippen molar-refractivity contribution < 1.29 is 9.53 Å². The van der Waals surface area contributed by atoms with Crippen LogP contribution in [0.3, 0.4) is 0 Å². The van der Waals surface area contributed by atoms with Crippen LogP contribution < -0.4 is 5.73 Å². The summed E-state index contributed by atoms with van der Waals surface area (Å²) >= 11 is 0. The lowest BCUT2D eigenvalue weighted by molar-refractivity contribution is -0.00178. The van der Waals surface area contributed by atoms with E-state index in [1.54, 1.807) is 12.0 Å². The van der Waals surface area contributed by atoms with Crippen LogP contribution in [0.2, 0.25) is 0 Å². The fourth-order valence-electron chi connectivity index (χ4n) is 2.17. The molecule has 2 atom stereocenters. The van der Waals surface area contributed by atoms with Gasteiger partial charge in [0.1, 0.15) is 11.5 Å². The number of amides is 1. The number of nitrogens with zero attached hydrogens (tertiary/aromatic N) is 3. The lowest BCUT2D eigenvalue weighted by Crippen LogP contribution is -2.46. The summed E-state index contributed by atoms with van der Waals surface area (Å²) in [5.74, 6) is 0.587. The molecule has 0 aliphatic carbocycles. The maximum Gasteiger partial charge on any atom is 0.274 e. The van der Waals surface area contributed by atoms with Crippen molar-refractivity contribution in [1.82, 2.24) is 14.9 Å². The smallest absolute Gasteiger partial charge is 0.274 e. The molecule has 0 bridgehead atoms. The van der Waals surface area contributed by atoms with E-state index in [2.05, 4.69) is 16.9 Å². The SMILES string of the molecule is COC1CN(C(=O)c2cncc(N)n2)CCC1C. The lowest BCUT2D eigenvalue weighted by Gasteiger charge is -2.35. The van der Waals surface area contributed by atoms with E-state index in [0.29, 0.717) is 18.2 Å². The number of rotatable bonds is 2. The largest absolute Gasteiger partial charge is 0.382 e. The molecule has 0 aromatic carbocycles. The summed E-state index contributed by atoms with van der Waals surface area (Å²) in [5.41, 5.74) is 5.82. The predicted molar refractivity (Wildman–Crippen MR) is 66.9 cm³/mol. The molecule has 1 aromatic heterocycles. The number of piperidine rings is 1. The van der Waals surface area contributed by atoms with Crippen molar-refractivity contribution in [1.29, 1.82) is 0 Å². The van der Waals surface area contributed by atoms with Crippen molar-refractivity contribution in [2.24, 2.45) is 5.92 Å². The third kappa shape index (κ3) is 2.59. The first-order valence-electron chi connectivity index (χ1n) is 6.01. The zero-order chi connectivity index (χ0) is 13.1. The molecule has 0 saturated carbocycles. The van der Waals surface area contributed by atoms with Crippen LogP contribution in [-0.4, -0.2) is 47.1 Å². The second-order valence-corrected chi connectivity index (χ2v) is 4.62. The number of hydrogen-bond donors (Lipinski definition) is 1. The molecule has 2 rings (SSSR count). The number of aromatic nitrogens is 2. The number of nitrogens with two attached hydrogens (primary N) is 1. The van der Waals surface area contributed by atoms with E-state index in [4.69, 9.17) is 10.5 Å². The fraction of sp³-hybridized carbons (Fsp3) is 0.583. The maximum atomic E-state index is 12.2. The van der Waals surface area contributed by atoms with E-state index >= 15 is 0 Å². The van der Waals surface area contributed by atoms with Gasteiger partial charge in [0.2, 0.25) is 0 Å². The number of carbonyl (C=O) groups is 1. The molecule has 1 fully saturated rings. The van der Waals surface area contributed by atoms with E-state index in [1.807, 2.05) is 0 Å². The van der Waals surface area contributed by atoms with Crippen molar-refractivity contribution in [2.45, 2.75) is 19.4 Å². The van der Waals surface area contributed by atoms with Crippen molar-refractivity contribution in [3.05, 3.63) is 18.1 Å². The van der Waals surface area contributed by atoms with Crippen LogP contribution in [0, 0.1) is 5.92 Å². The van der Waals surface area contributed by atoms with Gasteiger partial charge in [0.15, 0.2) is 0 Å². The van der Waals surface area contributed by atoms with Crippen molar-refractivity contribution in [3.63, 3.8) is 0 Å². The highest BCUT2D eigenvalue weighted by molar-refractivity contribution is 5.92. The first kappa shape index (κ1) is 12.8. The van der Waals surface area contributed by atoms with E-state index in [-0.39, 0.29) is 17.8 Å². The lowest BCUT2D eigenvalue weighted by atomic mass is 9.95. The highest BCUT2D eigenvalue weighted by Gasteiger charge is 2.29. The number of methoxy groups -OCH3 is 1. The average Bonchev–Trinajstić information content (AvgIpc) is 2.38. The molecule has 1 amide bonds. The molecule has 1 aliphatic heterocycles. The summed E-state index contributed by atoms with van der Waals surface area (Å²) in [6.45, 7) is 3.44. The predicted octanol–water partition coefficient (Wildman–Crippen LogP) is 0.556. The first-order chi connectivity index (χ1) is 8.61. The molecular formula is C12H18N4O2. The van der Waals surface area contributed by atoms with Gasteiger partial charge in [-0.1, -0.05) is 6.92 Å². The van der Waals surface area contributed by atoms with Crippen LogP contribution in [0.1, 0.15) is 23.8 Å². The molecular weight excluding hydrogens is 232 g/mol. The van der Waals surface area contributed by atoms with Crippen LogP contribution in [0.15, 0.2) is 12.4 Å². The summed E-state index contributed by atoms with van der Waals surface area (Å²) < 4.78 is 5.39. The molecule has 2 heterocycles. The van der Waals surface area contributed by atoms with E-state index in [9.17, 15) is 4.79 Å². The van der Waals surface area contributed by atoms with Crippen LogP contribution in [0.4, 0.5) is 5.82 Å². The zero-order valence-corrected chi connectivity index (χ0v) is 10.7. The Kier molecular flexibility index (Phi) is 3.76. The minimum Gasteiger partial charge on any atom is -0.382 e. The third-order valence-corrected chi connectivity index (χ3v) is 3.35. The van der Waals surface area contributed by atoms with Crippen LogP contribution >= 0.6 is 0 Å². The van der Waals surface area contributed by atoms with E-state index in [0.717, 1.165) is 13.0 Å². The number of carbonyl (C=O) groups excluding carboxylic acids is 1. The van der Waals surface area contributed by atoms with Crippen LogP contribution in [0.5, 0.6) is 0 Å². The Morgan fingerprint density at radius 2 is 2.33 bits per heavy atom. The Bertz CT molecular complexity index is 438. The quantitative estimate of drug-likeness (QED) is 0.829. The molecule has 6 heteroatoms. The van der Waals surface area contributed by atoms with Crippen molar-refractivity contribution in [3.8, 4) is 0 Å². The van der Waals surface area contributed by atoms with Gasteiger partial charge in [0, 0.05) is 20.2 Å². The maximum absolute atomic E-state index is 12.2. The van der Waals surface area contributed by atoms with Gasteiger partial charge in [-0.2, -0.15) is 0 Å². The molecule has 98 valence electrons. The van der Waals surface area contributed by atoms with Gasteiger partial charge in [0.25, 0.3) is 5.91 Å². The average molecular weight is 250 g/mol. The van der Waals surface area contributed by atoms with Gasteiger partial charge in [0.05, 0.1) is 18.5 Å². The molecule has 2 N–H and O–H groups in total. The molecule has 2 unspecified atom stereocenters. The third-order valence-electron chi connectivity index (χ3n) is 3.35. The zero-order valence-electron chi connectivity index (χ0n) is 10.7. The topological polar surface area (TPSA) is 81.3 Å². The molecule has 6 nitrogen and oxygen atoms in total. The Labute approximate surface area is 106 Å². The monoisotopic (exact) mass is 250 g/mol. The Morgan fingerprint density at radius 3 is 3.00 bits per heavy atom. The summed E-state index contributed by atoms with van der Waals surface area (Å²) in [6, 6.07) is 0. The van der Waals surface area contributed by atoms with Gasteiger partial charge < -0.3 is 15.4 Å². The van der Waals surface area contributed by atoms with Gasteiger partial charge in [-0.15, -0.1) is 0 Å². The standard InChI is InChI=1S/C12H18N4O2/c1-8-3-4-16(7-10(8)18-2)12(17)9-5-14-6-11(13)15-9/h5-6,8,10H,3-4,7H2,1-2H3,(H2,13,15). The highest BCUT2D eigenvalue weighted by Crippen LogP contribution is 2.20. The van der Waals surface area contributed by atoms with Crippen LogP contribution in [-0.2, 0) is 4.74 Å². The van der Waals surface area contributed by atoms with E-state index in [1.165, 1.54) is 12.4 Å². The molecule has 1 saturated heterocycles. The number of nitrogen functional groups attached to an aromatic ring is 1. The second kappa shape index (κ2) is 5.30. The molecule has 0 spiro atoms. The Morgan fingerprint density at radius 1 is 1.56 bits per heavy atom. The summed E-state index contributed by atoms with van der Waals surface area (Å²) in [6.07, 6.45) is 3.88. The number of likely N-dealkylation sites (tertiary alicyclic amines) is 1. The van der Waals surface area contributed by atoms with Gasteiger partial charge >= 0.3 is 0 Å². The van der Waals surface area contributed by atoms with Gasteiger partial charge in [-0.3, -0.25) is 9.78 Å². The number of anilines is 1. The van der Waals surface area contributed by atoms with Gasteiger partial charge in [-0.05, 0) is 12.3 Å². The number of hydrogen-bond acceptors (Lipinski definition) is 5. The summed E-state index contributed by atoms with van der Waals surface area (Å²) in [7, 11) is 1.68.